The number of aromatic nitrogens is 2. The van der Waals surface area contributed by atoms with Gasteiger partial charge in [-0.1, -0.05) is 18.1 Å². The summed E-state index contributed by atoms with van der Waals surface area (Å²) in [5.41, 5.74) is 0.930. The summed E-state index contributed by atoms with van der Waals surface area (Å²) in [6.45, 7) is 0. The van der Waals surface area contributed by atoms with Gasteiger partial charge in [-0.3, -0.25) is 4.98 Å². The molecular formula is C13H10N2O. The molecule has 0 aromatic carbocycles. The first kappa shape index (κ1) is 10.2. The van der Waals surface area contributed by atoms with E-state index in [9.17, 15) is 0 Å². The van der Waals surface area contributed by atoms with Crippen LogP contribution in [0, 0.1) is 12.0 Å². The van der Waals surface area contributed by atoms with Gasteiger partial charge in [-0.15, -0.1) is 0 Å². The Kier molecular flexibility index (Phi) is 3.51. The monoisotopic (exact) mass is 210 g/mol. The van der Waals surface area contributed by atoms with Crippen molar-refractivity contribution in [3.05, 3.63) is 54.5 Å². The lowest BCUT2D eigenvalue weighted by Crippen LogP contribution is -1.88. The van der Waals surface area contributed by atoms with Gasteiger partial charge in [-0.25, -0.2) is 4.98 Å². The molecule has 16 heavy (non-hydrogen) atoms. The fourth-order valence-corrected chi connectivity index (χ4v) is 1.13. The van der Waals surface area contributed by atoms with Crippen molar-refractivity contribution in [3.8, 4) is 17.9 Å². The summed E-state index contributed by atoms with van der Waals surface area (Å²) in [5.74, 6) is 3.39. The Labute approximate surface area is 94.1 Å². The molecule has 0 amide bonds. The lowest BCUT2D eigenvalue weighted by Gasteiger charge is -1.93. The van der Waals surface area contributed by atoms with Gasteiger partial charge >= 0.3 is 0 Å². The third-order valence-corrected chi connectivity index (χ3v) is 1.86. The molecule has 0 fully saturated rings. The molecule has 0 bridgehead atoms. The second-order valence-electron chi connectivity index (χ2n) is 3.05. The van der Waals surface area contributed by atoms with Crippen molar-refractivity contribution in [2.75, 3.05) is 0 Å². The van der Waals surface area contributed by atoms with Crippen LogP contribution >= 0.6 is 0 Å². The van der Waals surface area contributed by atoms with Crippen LogP contribution in [0.1, 0.15) is 5.69 Å². The van der Waals surface area contributed by atoms with Crippen LogP contribution in [0.5, 0.6) is 5.88 Å². The van der Waals surface area contributed by atoms with E-state index in [4.69, 9.17) is 4.74 Å². The highest BCUT2D eigenvalue weighted by Crippen LogP contribution is 2.01. The van der Waals surface area contributed by atoms with Crippen LogP contribution in [-0.4, -0.2) is 9.97 Å². The zero-order valence-electron chi connectivity index (χ0n) is 8.63. The minimum absolute atomic E-state index is 0.510. The Balaban J connectivity index is 1.88. The van der Waals surface area contributed by atoms with Crippen LogP contribution in [0.15, 0.2) is 48.8 Å². The second-order valence-corrected chi connectivity index (χ2v) is 3.05. The highest BCUT2D eigenvalue weighted by atomic mass is 16.5. The molecule has 0 radical (unpaired) electrons. The standard InChI is InChI=1S/C13H10N2O/c1-3-9-14-12(6-1)7-5-11-16-13-8-2-4-10-15-13/h1-4,6,8-10H,7H2. The fraction of sp³-hybridized carbons (Fsp3) is 0.0769. The van der Waals surface area contributed by atoms with E-state index < -0.39 is 0 Å². The van der Waals surface area contributed by atoms with Crippen molar-refractivity contribution in [2.24, 2.45) is 0 Å². The van der Waals surface area contributed by atoms with Gasteiger partial charge in [0.05, 0.1) is 12.1 Å². The SMILES string of the molecule is C(#COc1ccccn1)Cc1ccccn1. The van der Waals surface area contributed by atoms with Crippen LogP contribution in [-0.2, 0) is 6.42 Å². The van der Waals surface area contributed by atoms with E-state index in [0.29, 0.717) is 12.3 Å². The third kappa shape index (κ3) is 3.10. The lowest BCUT2D eigenvalue weighted by molar-refractivity contribution is 0.497. The summed E-state index contributed by atoms with van der Waals surface area (Å²) in [4.78, 5) is 8.13. The molecule has 3 heteroatoms. The number of hydrogen-bond acceptors (Lipinski definition) is 3. The summed E-state index contributed by atoms with van der Waals surface area (Å²) in [5, 5.41) is 0. The first-order valence-electron chi connectivity index (χ1n) is 4.91. The number of hydrogen-bond donors (Lipinski definition) is 0. The highest BCUT2D eigenvalue weighted by Gasteiger charge is 1.89. The van der Waals surface area contributed by atoms with Gasteiger partial charge < -0.3 is 4.74 Å². The van der Waals surface area contributed by atoms with Gasteiger partial charge in [0.25, 0.3) is 0 Å². The van der Waals surface area contributed by atoms with Gasteiger partial charge in [0.2, 0.25) is 5.88 Å². The van der Waals surface area contributed by atoms with E-state index in [0.717, 1.165) is 5.69 Å². The van der Waals surface area contributed by atoms with E-state index in [-0.39, 0.29) is 0 Å². The van der Waals surface area contributed by atoms with E-state index in [1.165, 1.54) is 0 Å². The highest BCUT2D eigenvalue weighted by molar-refractivity contribution is 5.15. The maximum atomic E-state index is 5.13. The van der Waals surface area contributed by atoms with Crippen molar-refractivity contribution in [3.63, 3.8) is 0 Å². The maximum Gasteiger partial charge on any atom is 0.230 e. The molecule has 0 atom stereocenters. The van der Waals surface area contributed by atoms with Gasteiger partial charge in [0.1, 0.15) is 6.11 Å². The quantitative estimate of drug-likeness (QED) is 0.712. The number of ether oxygens (including phenoxy) is 1. The van der Waals surface area contributed by atoms with E-state index in [2.05, 4.69) is 22.0 Å². The fourth-order valence-electron chi connectivity index (χ4n) is 1.13. The molecule has 3 nitrogen and oxygen atoms in total. The Morgan fingerprint density at radius 3 is 2.50 bits per heavy atom. The Morgan fingerprint density at radius 2 is 1.81 bits per heavy atom. The smallest absolute Gasteiger partial charge is 0.230 e. The molecule has 2 rings (SSSR count). The van der Waals surface area contributed by atoms with E-state index in [1.54, 1.807) is 18.5 Å². The molecule has 0 saturated carbocycles. The first-order chi connectivity index (χ1) is 7.95. The lowest BCUT2D eigenvalue weighted by atomic mass is 10.3. The molecule has 0 unspecified atom stereocenters. The molecule has 0 spiro atoms. The largest absolute Gasteiger partial charge is 0.388 e. The summed E-state index contributed by atoms with van der Waals surface area (Å²) in [6.07, 6.45) is 6.58. The van der Waals surface area contributed by atoms with E-state index >= 15 is 0 Å². The van der Waals surface area contributed by atoms with Gasteiger partial charge in [-0.2, -0.15) is 0 Å². The van der Waals surface area contributed by atoms with Crippen molar-refractivity contribution < 1.29 is 4.74 Å². The predicted octanol–water partition coefficient (Wildman–Crippen LogP) is 2.06. The molecule has 2 heterocycles. The Bertz CT molecular complexity index is 440. The molecule has 0 aliphatic heterocycles. The molecule has 2 aromatic heterocycles. The molecule has 0 aliphatic carbocycles. The van der Waals surface area contributed by atoms with E-state index in [1.807, 2.05) is 30.3 Å². The maximum absolute atomic E-state index is 5.13. The zero-order chi connectivity index (χ0) is 11.1. The summed E-state index contributed by atoms with van der Waals surface area (Å²) in [6, 6.07) is 11.2. The number of nitrogens with zero attached hydrogens (tertiary/aromatic N) is 2. The first-order valence-corrected chi connectivity index (χ1v) is 4.91. The van der Waals surface area contributed by atoms with Crippen molar-refractivity contribution in [1.82, 2.24) is 9.97 Å². The Hall–Kier alpha value is -2.34. The van der Waals surface area contributed by atoms with Gasteiger partial charge in [0.15, 0.2) is 0 Å². The zero-order valence-corrected chi connectivity index (χ0v) is 8.63. The summed E-state index contributed by atoms with van der Waals surface area (Å²) < 4.78 is 5.13. The second kappa shape index (κ2) is 5.52. The van der Waals surface area contributed by atoms with Crippen LogP contribution in [0.4, 0.5) is 0 Å². The molecule has 0 saturated heterocycles. The van der Waals surface area contributed by atoms with Crippen molar-refractivity contribution >= 4 is 0 Å². The van der Waals surface area contributed by atoms with Crippen molar-refractivity contribution in [1.29, 1.82) is 0 Å². The van der Waals surface area contributed by atoms with Gasteiger partial charge in [-0.05, 0) is 18.2 Å². The third-order valence-electron chi connectivity index (χ3n) is 1.86. The van der Waals surface area contributed by atoms with Crippen LogP contribution in [0.3, 0.4) is 0 Å². The van der Waals surface area contributed by atoms with Gasteiger partial charge in [0, 0.05) is 18.5 Å². The summed E-state index contributed by atoms with van der Waals surface area (Å²) in [7, 11) is 0. The average molecular weight is 210 g/mol. The molecule has 78 valence electrons. The normalized spacial score (nSPS) is 9.00. The molecule has 0 N–H and O–H groups in total. The van der Waals surface area contributed by atoms with Crippen LogP contribution in [0.2, 0.25) is 0 Å². The number of rotatable bonds is 2. The molecule has 0 aliphatic rings. The predicted molar refractivity (Wildman–Crippen MR) is 60.6 cm³/mol. The summed E-state index contributed by atoms with van der Waals surface area (Å²) >= 11 is 0. The molecular weight excluding hydrogens is 200 g/mol. The minimum Gasteiger partial charge on any atom is -0.388 e. The van der Waals surface area contributed by atoms with Crippen LogP contribution < -0.4 is 4.74 Å². The topological polar surface area (TPSA) is 35.0 Å². The van der Waals surface area contributed by atoms with Crippen LogP contribution in [0.25, 0.3) is 0 Å². The van der Waals surface area contributed by atoms with Crippen molar-refractivity contribution in [2.45, 2.75) is 6.42 Å². The Morgan fingerprint density at radius 1 is 1.00 bits per heavy atom. The number of pyridine rings is 2. The minimum atomic E-state index is 0.510. The molecule has 2 aromatic rings. The average Bonchev–Trinajstić information content (AvgIpc) is 2.37.